The van der Waals surface area contributed by atoms with Gasteiger partial charge in [0.1, 0.15) is 11.2 Å². The van der Waals surface area contributed by atoms with Crippen molar-refractivity contribution in [2.24, 2.45) is 0 Å². The third kappa shape index (κ3) is 4.37. The molecule has 0 bridgehead atoms. The summed E-state index contributed by atoms with van der Waals surface area (Å²) in [6, 6.07) is 37.3. The van der Waals surface area contributed by atoms with Crippen LogP contribution in [0.5, 0.6) is 0 Å². The maximum Gasteiger partial charge on any atom is 0.135 e. The predicted molar refractivity (Wildman–Crippen MR) is 175 cm³/mol. The van der Waals surface area contributed by atoms with Gasteiger partial charge in [0.15, 0.2) is 0 Å². The average Bonchev–Trinajstić information content (AvgIpc) is 3.47. The third-order valence-corrected chi connectivity index (χ3v) is 8.29. The van der Waals surface area contributed by atoms with E-state index in [-0.39, 0.29) is 10.8 Å². The number of hydrogen-bond acceptors (Lipinski definition) is 2. The molecular weight excluding hydrogens is 500 g/mol. The van der Waals surface area contributed by atoms with Crippen LogP contribution in [0.25, 0.3) is 49.4 Å². The van der Waals surface area contributed by atoms with Crippen LogP contribution in [0.3, 0.4) is 0 Å². The molecule has 3 heteroatoms. The summed E-state index contributed by atoms with van der Waals surface area (Å²) < 4.78 is 8.54. The fourth-order valence-corrected chi connectivity index (χ4v) is 5.92. The van der Waals surface area contributed by atoms with Crippen LogP contribution in [-0.2, 0) is 10.8 Å². The lowest BCUT2D eigenvalue weighted by molar-refractivity contribution is 0.590. The van der Waals surface area contributed by atoms with Gasteiger partial charge in [-0.1, -0.05) is 84.0 Å². The zero-order chi connectivity index (χ0) is 28.5. The summed E-state index contributed by atoms with van der Waals surface area (Å²) in [5, 5.41) is 8.44. The maximum atomic E-state index is 6.15. The molecule has 0 aliphatic carbocycles. The Labute approximate surface area is 241 Å². The van der Waals surface area contributed by atoms with Crippen molar-refractivity contribution in [3.8, 4) is 5.69 Å². The normalized spacial score (nSPS) is 12.6. The standard InChI is InChI=1S/C38H36N2O/c1-37(2,3)24-11-14-26(15-12-24)39-27-16-18-29-31-21-25(38(4,5)6)13-19-33(31)40(34(29)22-27)28-17-20-36-32(23-28)30-9-7-8-10-35(30)41-36/h7-23,39H,1-6H3. The molecule has 7 rings (SSSR count). The van der Waals surface area contributed by atoms with Gasteiger partial charge in [0.05, 0.1) is 11.0 Å². The molecule has 0 atom stereocenters. The van der Waals surface area contributed by atoms with E-state index in [9.17, 15) is 0 Å². The monoisotopic (exact) mass is 536 g/mol. The highest BCUT2D eigenvalue weighted by molar-refractivity contribution is 6.11. The van der Waals surface area contributed by atoms with Crippen molar-refractivity contribution in [1.82, 2.24) is 4.57 Å². The fourth-order valence-electron chi connectivity index (χ4n) is 5.92. The second-order valence-electron chi connectivity index (χ2n) is 13.3. The first-order valence-electron chi connectivity index (χ1n) is 14.4. The molecule has 0 spiro atoms. The Kier molecular flexibility index (Phi) is 5.59. The molecule has 0 amide bonds. The van der Waals surface area contributed by atoms with Crippen molar-refractivity contribution in [2.45, 2.75) is 52.4 Å². The summed E-state index contributed by atoms with van der Waals surface area (Å²) in [5.74, 6) is 0. The molecule has 0 fully saturated rings. The van der Waals surface area contributed by atoms with Gasteiger partial charge in [-0.05, 0) is 82.6 Å². The molecule has 0 radical (unpaired) electrons. The first-order valence-corrected chi connectivity index (χ1v) is 14.4. The van der Waals surface area contributed by atoms with Gasteiger partial charge in [0, 0.05) is 38.6 Å². The van der Waals surface area contributed by atoms with E-state index >= 15 is 0 Å². The number of nitrogens with one attached hydrogen (secondary N) is 1. The van der Waals surface area contributed by atoms with E-state index in [1.807, 2.05) is 12.1 Å². The Balaban J connectivity index is 1.42. The van der Waals surface area contributed by atoms with Crippen LogP contribution >= 0.6 is 0 Å². The topological polar surface area (TPSA) is 30.1 Å². The number of para-hydroxylation sites is 1. The van der Waals surface area contributed by atoms with Crippen LogP contribution in [0.4, 0.5) is 11.4 Å². The molecule has 7 aromatic rings. The zero-order valence-electron chi connectivity index (χ0n) is 24.7. The van der Waals surface area contributed by atoms with Gasteiger partial charge >= 0.3 is 0 Å². The van der Waals surface area contributed by atoms with Gasteiger partial charge in [-0.2, -0.15) is 0 Å². The molecule has 0 aliphatic rings. The molecule has 0 saturated heterocycles. The van der Waals surface area contributed by atoms with E-state index in [2.05, 4.69) is 142 Å². The Bertz CT molecular complexity index is 2080. The number of hydrogen-bond donors (Lipinski definition) is 1. The van der Waals surface area contributed by atoms with Crippen LogP contribution < -0.4 is 5.32 Å². The van der Waals surface area contributed by atoms with E-state index in [0.29, 0.717) is 0 Å². The van der Waals surface area contributed by atoms with Crippen LogP contribution in [0.1, 0.15) is 52.7 Å². The first kappa shape index (κ1) is 25.5. The number of aromatic nitrogens is 1. The lowest BCUT2D eigenvalue weighted by Crippen LogP contribution is -2.10. The third-order valence-electron chi connectivity index (χ3n) is 8.29. The smallest absolute Gasteiger partial charge is 0.135 e. The minimum absolute atomic E-state index is 0.0674. The number of fused-ring (bicyclic) bond motifs is 6. The van der Waals surface area contributed by atoms with E-state index in [4.69, 9.17) is 4.42 Å². The van der Waals surface area contributed by atoms with Gasteiger partial charge in [-0.3, -0.25) is 0 Å². The van der Waals surface area contributed by atoms with Gasteiger partial charge < -0.3 is 14.3 Å². The highest BCUT2D eigenvalue weighted by atomic mass is 16.3. The van der Waals surface area contributed by atoms with Crippen molar-refractivity contribution < 1.29 is 4.42 Å². The minimum atomic E-state index is 0.0674. The molecule has 2 heterocycles. The SMILES string of the molecule is CC(C)(C)c1ccc(Nc2ccc3c4cc(C(C)(C)C)ccc4n(-c4ccc5oc6ccccc6c5c4)c3c2)cc1. The molecule has 0 unspecified atom stereocenters. The molecule has 204 valence electrons. The Morgan fingerprint density at radius 1 is 0.512 bits per heavy atom. The molecule has 3 nitrogen and oxygen atoms in total. The molecule has 5 aromatic carbocycles. The number of anilines is 2. The van der Waals surface area contributed by atoms with Gasteiger partial charge in [-0.15, -0.1) is 0 Å². The van der Waals surface area contributed by atoms with Crippen molar-refractivity contribution in [3.63, 3.8) is 0 Å². The predicted octanol–water partition coefficient (Wildman–Crippen LogP) is 11.0. The highest BCUT2D eigenvalue weighted by Gasteiger charge is 2.19. The van der Waals surface area contributed by atoms with Gasteiger partial charge in [-0.25, -0.2) is 0 Å². The van der Waals surface area contributed by atoms with Crippen molar-refractivity contribution in [3.05, 3.63) is 114 Å². The second-order valence-corrected chi connectivity index (χ2v) is 13.3. The summed E-state index contributed by atoms with van der Waals surface area (Å²) in [6.07, 6.45) is 0. The quantitative estimate of drug-likeness (QED) is 0.243. The summed E-state index contributed by atoms with van der Waals surface area (Å²) in [7, 11) is 0. The molecule has 0 saturated carbocycles. The fraction of sp³-hybridized carbons (Fsp3) is 0.211. The van der Waals surface area contributed by atoms with E-state index in [0.717, 1.165) is 39.0 Å². The van der Waals surface area contributed by atoms with Crippen molar-refractivity contribution in [1.29, 1.82) is 0 Å². The first-order chi connectivity index (χ1) is 19.6. The Hall–Kier alpha value is -4.50. The van der Waals surface area contributed by atoms with Crippen LogP contribution in [0.2, 0.25) is 0 Å². The minimum Gasteiger partial charge on any atom is -0.456 e. The van der Waals surface area contributed by atoms with Crippen LogP contribution in [-0.4, -0.2) is 4.57 Å². The van der Waals surface area contributed by atoms with E-state index in [1.54, 1.807) is 0 Å². The highest BCUT2D eigenvalue weighted by Crippen LogP contribution is 2.38. The van der Waals surface area contributed by atoms with Crippen molar-refractivity contribution >= 4 is 55.1 Å². The van der Waals surface area contributed by atoms with E-state index < -0.39 is 0 Å². The molecule has 41 heavy (non-hydrogen) atoms. The molecule has 0 aliphatic heterocycles. The average molecular weight is 537 g/mol. The van der Waals surface area contributed by atoms with Gasteiger partial charge in [0.2, 0.25) is 0 Å². The lowest BCUT2D eigenvalue weighted by atomic mass is 9.86. The second kappa shape index (κ2) is 9.01. The number of benzene rings is 5. The molecule has 2 aromatic heterocycles. The zero-order valence-corrected chi connectivity index (χ0v) is 24.7. The van der Waals surface area contributed by atoms with E-state index in [1.165, 1.54) is 32.9 Å². The summed E-state index contributed by atoms with van der Waals surface area (Å²) in [4.78, 5) is 0. The van der Waals surface area contributed by atoms with Crippen LogP contribution in [0, 0.1) is 0 Å². The molecular formula is C38H36N2O. The Morgan fingerprint density at radius 3 is 1.95 bits per heavy atom. The summed E-state index contributed by atoms with van der Waals surface area (Å²) in [6.45, 7) is 13.6. The lowest BCUT2D eigenvalue weighted by Gasteiger charge is -2.19. The van der Waals surface area contributed by atoms with Crippen LogP contribution in [0.15, 0.2) is 108 Å². The Morgan fingerprint density at radius 2 is 1.20 bits per heavy atom. The summed E-state index contributed by atoms with van der Waals surface area (Å²) >= 11 is 0. The summed E-state index contributed by atoms with van der Waals surface area (Å²) in [5.41, 5.74) is 10.3. The van der Waals surface area contributed by atoms with Gasteiger partial charge in [0.25, 0.3) is 0 Å². The largest absolute Gasteiger partial charge is 0.456 e. The maximum absolute atomic E-state index is 6.15. The number of furan rings is 1. The van der Waals surface area contributed by atoms with Crippen molar-refractivity contribution in [2.75, 3.05) is 5.32 Å². The molecule has 1 N–H and O–H groups in total. The number of rotatable bonds is 3. The number of nitrogens with zero attached hydrogens (tertiary/aromatic N) is 1.